The quantitative estimate of drug-likeness (QED) is 0.624. The number of H-pyrrole nitrogens is 1. The molecule has 1 N–H and O–H groups in total. The maximum atomic E-state index is 8.89. The summed E-state index contributed by atoms with van der Waals surface area (Å²) in [7, 11) is 0. The van der Waals surface area contributed by atoms with Crippen molar-refractivity contribution in [3.05, 3.63) is 40.9 Å². The summed E-state index contributed by atoms with van der Waals surface area (Å²) in [6, 6.07) is 5.69. The van der Waals surface area contributed by atoms with Crippen LogP contribution < -0.4 is 0 Å². The van der Waals surface area contributed by atoms with Crippen molar-refractivity contribution < 1.29 is 0 Å². The van der Waals surface area contributed by atoms with Gasteiger partial charge in [0.15, 0.2) is 5.69 Å². The number of aromatic amines is 1. The van der Waals surface area contributed by atoms with Crippen molar-refractivity contribution in [2.75, 3.05) is 0 Å². The molecule has 0 radical (unpaired) electrons. The number of fused-ring (bicyclic) bond motifs is 1. The summed E-state index contributed by atoms with van der Waals surface area (Å²) in [5, 5.41) is 9.72. The van der Waals surface area contributed by atoms with Crippen LogP contribution in [0, 0.1) is 24.8 Å². The molecule has 0 atom stereocenters. The van der Waals surface area contributed by atoms with Gasteiger partial charge in [0.1, 0.15) is 6.07 Å². The van der Waals surface area contributed by atoms with E-state index in [2.05, 4.69) is 15.9 Å². The molecule has 0 spiro atoms. The van der Waals surface area contributed by atoms with Crippen LogP contribution in [0.25, 0.3) is 15.7 Å². The highest BCUT2D eigenvalue weighted by atomic mass is 14.7. The Morgan fingerprint density at radius 2 is 2.36 bits per heavy atom. The highest BCUT2D eigenvalue weighted by Gasteiger charge is 2.09. The van der Waals surface area contributed by atoms with E-state index in [0.717, 1.165) is 16.5 Å². The molecule has 0 amide bonds. The molecule has 0 bridgehead atoms. The van der Waals surface area contributed by atoms with Gasteiger partial charge in [-0.05, 0) is 24.6 Å². The fourth-order valence-corrected chi connectivity index (χ4v) is 1.60. The minimum absolute atomic E-state index is 0.593. The third kappa shape index (κ3) is 0.967. The van der Waals surface area contributed by atoms with E-state index in [0.29, 0.717) is 11.3 Å². The SMILES string of the molecule is [C-]#[N+]c1c(C)cc(C#N)c2[nH]ccc12. The largest absolute Gasteiger partial charge is 0.361 e. The van der Waals surface area contributed by atoms with Crippen LogP contribution in [-0.4, -0.2) is 4.98 Å². The van der Waals surface area contributed by atoms with Gasteiger partial charge in [0.05, 0.1) is 17.7 Å². The minimum atomic E-state index is 0.593. The molecule has 14 heavy (non-hydrogen) atoms. The van der Waals surface area contributed by atoms with Crippen LogP contribution in [0.1, 0.15) is 11.1 Å². The molecular weight excluding hydrogens is 174 g/mol. The smallest absolute Gasteiger partial charge is 0.199 e. The highest BCUT2D eigenvalue weighted by Crippen LogP contribution is 2.31. The Bertz CT molecular complexity index is 579. The van der Waals surface area contributed by atoms with Gasteiger partial charge in [-0.1, -0.05) is 0 Å². The molecule has 3 heteroatoms. The van der Waals surface area contributed by atoms with Crippen LogP contribution in [-0.2, 0) is 0 Å². The van der Waals surface area contributed by atoms with E-state index in [1.165, 1.54) is 0 Å². The van der Waals surface area contributed by atoms with E-state index >= 15 is 0 Å². The maximum absolute atomic E-state index is 8.89. The van der Waals surface area contributed by atoms with Gasteiger partial charge >= 0.3 is 0 Å². The Morgan fingerprint density at radius 3 is 3.00 bits per heavy atom. The zero-order valence-electron chi connectivity index (χ0n) is 7.63. The molecule has 66 valence electrons. The summed E-state index contributed by atoms with van der Waals surface area (Å²) in [4.78, 5) is 6.44. The van der Waals surface area contributed by atoms with Gasteiger partial charge in [0, 0.05) is 11.6 Å². The second-order valence-electron chi connectivity index (χ2n) is 3.08. The van der Waals surface area contributed by atoms with Crippen LogP contribution in [0.4, 0.5) is 5.69 Å². The minimum Gasteiger partial charge on any atom is -0.361 e. The van der Waals surface area contributed by atoms with Crippen molar-refractivity contribution >= 4 is 16.6 Å². The first-order chi connectivity index (χ1) is 6.77. The Hall–Kier alpha value is -2.26. The molecule has 1 heterocycles. The van der Waals surface area contributed by atoms with Crippen molar-refractivity contribution in [2.24, 2.45) is 0 Å². The molecule has 0 saturated carbocycles. The number of nitriles is 1. The predicted molar refractivity (Wildman–Crippen MR) is 54.0 cm³/mol. The van der Waals surface area contributed by atoms with Gasteiger partial charge in [-0.15, -0.1) is 0 Å². The highest BCUT2D eigenvalue weighted by molar-refractivity contribution is 5.97. The van der Waals surface area contributed by atoms with E-state index in [9.17, 15) is 0 Å². The zero-order chi connectivity index (χ0) is 10.1. The van der Waals surface area contributed by atoms with Gasteiger partial charge in [-0.2, -0.15) is 5.26 Å². The molecule has 1 aromatic heterocycles. The molecule has 0 fully saturated rings. The maximum Gasteiger partial charge on any atom is 0.199 e. The van der Waals surface area contributed by atoms with E-state index in [1.54, 1.807) is 12.3 Å². The summed E-state index contributed by atoms with van der Waals surface area (Å²) >= 11 is 0. The van der Waals surface area contributed by atoms with Crippen molar-refractivity contribution in [2.45, 2.75) is 6.92 Å². The van der Waals surface area contributed by atoms with Crippen LogP contribution in [0.2, 0.25) is 0 Å². The average molecular weight is 181 g/mol. The summed E-state index contributed by atoms with van der Waals surface area (Å²) < 4.78 is 0. The van der Waals surface area contributed by atoms with E-state index in [1.807, 2.05) is 13.0 Å². The monoisotopic (exact) mass is 181 g/mol. The summed E-state index contributed by atoms with van der Waals surface area (Å²) in [6.45, 7) is 8.91. The van der Waals surface area contributed by atoms with Crippen molar-refractivity contribution in [3.8, 4) is 6.07 Å². The molecule has 0 aliphatic rings. The van der Waals surface area contributed by atoms with Crippen molar-refractivity contribution in [3.63, 3.8) is 0 Å². The molecule has 2 aromatic rings. The number of hydrogen-bond donors (Lipinski definition) is 1. The van der Waals surface area contributed by atoms with Gasteiger partial charge in [0.2, 0.25) is 0 Å². The van der Waals surface area contributed by atoms with Gasteiger partial charge in [-0.25, -0.2) is 4.85 Å². The zero-order valence-corrected chi connectivity index (χ0v) is 7.63. The fourth-order valence-electron chi connectivity index (χ4n) is 1.60. The fraction of sp³-hybridized carbons (Fsp3) is 0.0909. The number of rotatable bonds is 0. The molecule has 0 aliphatic carbocycles. The molecule has 0 unspecified atom stereocenters. The standard InChI is InChI=1S/C11H7N3/c1-7-5-8(6-12)11-9(3-4-14-11)10(7)13-2/h3-5,14H,1H3. The Kier molecular flexibility index (Phi) is 1.73. The molecule has 1 aromatic carbocycles. The Morgan fingerprint density at radius 1 is 1.57 bits per heavy atom. The van der Waals surface area contributed by atoms with E-state index in [4.69, 9.17) is 11.8 Å². The molecule has 2 rings (SSSR count). The average Bonchev–Trinajstić information content (AvgIpc) is 2.65. The second-order valence-corrected chi connectivity index (χ2v) is 3.08. The van der Waals surface area contributed by atoms with Gasteiger partial charge < -0.3 is 4.98 Å². The third-order valence-corrected chi connectivity index (χ3v) is 2.24. The van der Waals surface area contributed by atoms with Crippen LogP contribution >= 0.6 is 0 Å². The summed E-state index contributed by atoms with van der Waals surface area (Å²) in [6.07, 6.45) is 1.75. The van der Waals surface area contributed by atoms with E-state index < -0.39 is 0 Å². The number of hydrogen-bond acceptors (Lipinski definition) is 1. The molecule has 3 nitrogen and oxygen atoms in total. The Labute approximate surface area is 81.4 Å². The number of aryl methyl sites for hydroxylation is 1. The van der Waals surface area contributed by atoms with Crippen LogP contribution in [0.15, 0.2) is 18.3 Å². The number of nitrogens with zero attached hydrogens (tertiary/aromatic N) is 2. The second kappa shape index (κ2) is 2.90. The number of aromatic nitrogens is 1. The first-order valence-corrected chi connectivity index (χ1v) is 4.16. The molecule has 0 saturated heterocycles. The Balaban J connectivity index is 3.00. The lowest BCUT2D eigenvalue weighted by molar-refractivity contribution is 1.42. The lowest BCUT2D eigenvalue weighted by atomic mass is 10.1. The lowest BCUT2D eigenvalue weighted by Crippen LogP contribution is -1.81. The predicted octanol–water partition coefficient (Wildman–Crippen LogP) is 2.90. The van der Waals surface area contributed by atoms with Crippen molar-refractivity contribution in [1.82, 2.24) is 4.98 Å². The normalized spacial score (nSPS) is 9.64. The number of nitrogens with one attached hydrogen (secondary N) is 1. The van der Waals surface area contributed by atoms with E-state index in [-0.39, 0.29) is 0 Å². The third-order valence-electron chi connectivity index (χ3n) is 2.24. The number of benzene rings is 1. The lowest BCUT2D eigenvalue weighted by Gasteiger charge is -2.00. The molecule has 0 aliphatic heterocycles. The topological polar surface area (TPSA) is 43.9 Å². The first-order valence-electron chi connectivity index (χ1n) is 4.16. The first kappa shape index (κ1) is 8.34. The van der Waals surface area contributed by atoms with Gasteiger partial charge in [0.25, 0.3) is 0 Å². The van der Waals surface area contributed by atoms with Gasteiger partial charge in [-0.3, -0.25) is 0 Å². The summed E-state index contributed by atoms with van der Waals surface area (Å²) in [5.74, 6) is 0. The van der Waals surface area contributed by atoms with Crippen LogP contribution in [0.3, 0.4) is 0 Å². The summed E-state index contributed by atoms with van der Waals surface area (Å²) in [5.41, 5.74) is 2.82. The van der Waals surface area contributed by atoms with Crippen molar-refractivity contribution in [1.29, 1.82) is 5.26 Å². The molecular formula is C11H7N3. The van der Waals surface area contributed by atoms with Crippen LogP contribution in [0.5, 0.6) is 0 Å².